The van der Waals surface area contributed by atoms with Gasteiger partial charge in [-0.3, -0.25) is 9.59 Å². The second-order valence-corrected chi connectivity index (χ2v) is 8.77. The first-order valence-electron chi connectivity index (χ1n) is 9.86. The number of anilines is 1. The van der Waals surface area contributed by atoms with Crippen molar-refractivity contribution >= 4 is 28.2 Å². The van der Waals surface area contributed by atoms with Gasteiger partial charge in [-0.2, -0.15) is 5.26 Å². The molecule has 1 aliphatic heterocycles. The lowest BCUT2D eigenvalue weighted by molar-refractivity contribution is -0.897. The predicted octanol–water partition coefficient (Wildman–Crippen LogP) is 1.54. The second kappa shape index (κ2) is 8.85. The number of piperidine rings is 1. The number of hydrogen-bond donors (Lipinski definition) is 2. The van der Waals surface area contributed by atoms with Crippen molar-refractivity contribution in [3.8, 4) is 6.07 Å². The van der Waals surface area contributed by atoms with E-state index in [0.29, 0.717) is 29.6 Å². The number of quaternary nitrogens is 1. The molecule has 146 valence electrons. The summed E-state index contributed by atoms with van der Waals surface area (Å²) in [6.07, 6.45) is 4.55. The zero-order valence-corrected chi connectivity index (χ0v) is 16.9. The third-order valence-electron chi connectivity index (χ3n) is 5.60. The molecule has 0 saturated carbocycles. The van der Waals surface area contributed by atoms with Gasteiger partial charge in [0.2, 0.25) is 0 Å². The van der Waals surface area contributed by atoms with Gasteiger partial charge in [0.05, 0.1) is 31.2 Å². The van der Waals surface area contributed by atoms with Gasteiger partial charge >= 0.3 is 5.97 Å². The Morgan fingerprint density at radius 1 is 1.33 bits per heavy atom. The van der Waals surface area contributed by atoms with Crippen molar-refractivity contribution in [2.45, 2.75) is 46.0 Å². The first-order chi connectivity index (χ1) is 13.0. The fourth-order valence-corrected chi connectivity index (χ4v) is 5.43. The number of carbonyl (C=O) groups is 2. The van der Waals surface area contributed by atoms with E-state index in [0.717, 1.165) is 50.8 Å². The monoisotopic (exact) mass is 390 g/mol. The summed E-state index contributed by atoms with van der Waals surface area (Å²) in [5, 5.41) is 13.2. The fraction of sp³-hybridized carbons (Fsp3) is 0.650. The minimum atomic E-state index is -0.113. The van der Waals surface area contributed by atoms with Crippen LogP contribution in [0.25, 0.3) is 0 Å². The van der Waals surface area contributed by atoms with E-state index >= 15 is 0 Å². The van der Waals surface area contributed by atoms with Crippen LogP contribution in [0.15, 0.2) is 0 Å². The zero-order valence-electron chi connectivity index (χ0n) is 16.1. The Morgan fingerprint density at radius 2 is 2.07 bits per heavy atom. The summed E-state index contributed by atoms with van der Waals surface area (Å²) in [6.45, 7) is 6.43. The highest BCUT2D eigenvalue weighted by Gasteiger charge is 2.30. The van der Waals surface area contributed by atoms with Gasteiger partial charge in [-0.1, -0.05) is 6.92 Å². The molecule has 2 aliphatic rings. The molecule has 0 bridgehead atoms. The van der Waals surface area contributed by atoms with Crippen LogP contribution in [0.1, 0.15) is 49.1 Å². The summed E-state index contributed by atoms with van der Waals surface area (Å²) in [5.74, 6) is 0.435. The summed E-state index contributed by atoms with van der Waals surface area (Å²) >= 11 is 1.57. The summed E-state index contributed by atoms with van der Waals surface area (Å²) in [6, 6.07) is 2.30. The maximum Gasteiger partial charge on any atom is 0.309 e. The Labute approximate surface area is 164 Å². The second-order valence-electron chi connectivity index (χ2n) is 7.67. The number of thiophene rings is 1. The maximum atomic E-state index is 12.5. The summed E-state index contributed by atoms with van der Waals surface area (Å²) < 4.78 is 5.09. The number of rotatable bonds is 5. The van der Waals surface area contributed by atoms with Gasteiger partial charge in [0, 0.05) is 17.7 Å². The van der Waals surface area contributed by atoms with Crippen molar-refractivity contribution in [3.05, 3.63) is 16.0 Å². The van der Waals surface area contributed by atoms with Crippen LogP contribution in [0.2, 0.25) is 0 Å². The molecule has 0 radical (unpaired) electrons. The van der Waals surface area contributed by atoms with E-state index in [9.17, 15) is 14.9 Å². The van der Waals surface area contributed by atoms with Crippen molar-refractivity contribution in [2.24, 2.45) is 11.8 Å². The van der Waals surface area contributed by atoms with Crippen LogP contribution in [-0.2, 0) is 27.2 Å². The van der Waals surface area contributed by atoms with Crippen LogP contribution < -0.4 is 10.2 Å². The average molecular weight is 391 g/mol. The lowest BCUT2D eigenvalue weighted by atomic mass is 9.89. The Hall–Kier alpha value is -1.91. The Morgan fingerprint density at radius 3 is 2.74 bits per heavy atom. The SMILES string of the molecule is CCOC(=O)C1CC[NH+](CC(=O)Nc2sc3c(c2C#N)CC[C@@H](C)C3)CC1. The number of likely N-dealkylation sites (tertiary alicyclic amines) is 1. The molecule has 1 saturated heterocycles. The molecular weight excluding hydrogens is 362 g/mol. The van der Waals surface area contributed by atoms with Crippen molar-refractivity contribution in [2.75, 3.05) is 31.6 Å². The van der Waals surface area contributed by atoms with Crippen LogP contribution in [-0.4, -0.2) is 38.1 Å². The first kappa shape index (κ1) is 19.8. The number of carbonyl (C=O) groups excluding carboxylic acids is 2. The molecule has 2 heterocycles. The molecule has 1 amide bonds. The van der Waals surface area contributed by atoms with E-state index in [1.165, 1.54) is 9.78 Å². The van der Waals surface area contributed by atoms with Gasteiger partial charge in [0.25, 0.3) is 5.91 Å². The molecule has 0 aromatic carbocycles. The highest BCUT2D eigenvalue weighted by molar-refractivity contribution is 7.16. The summed E-state index contributed by atoms with van der Waals surface area (Å²) in [4.78, 5) is 26.8. The highest BCUT2D eigenvalue weighted by Crippen LogP contribution is 2.39. The van der Waals surface area contributed by atoms with Crippen molar-refractivity contribution in [1.82, 2.24) is 0 Å². The van der Waals surface area contributed by atoms with Crippen LogP contribution >= 0.6 is 11.3 Å². The molecule has 1 aromatic rings. The third-order valence-corrected chi connectivity index (χ3v) is 6.77. The van der Waals surface area contributed by atoms with Crippen molar-refractivity contribution in [1.29, 1.82) is 5.26 Å². The molecule has 1 aliphatic carbocycles. The lowest BCUT2D eigenvalue weighted by Gasteiger charge is -2.27. The number of fused-ring (bicyclic) bond motifs is 1. The minimum Gasteiger partial charge on any atom is -0.466 e. The number of nitriles is 1. The van der Waals surface area contributed by atoms with E-state index < -0.39 is 0 Å². The molecule has 1 aromatic heterocycles. The number of esters is 1. The molecule has 0 spiro atoms. The van der Waals surface area contributed by atoms with Gasteiger partial charge in [0.15, 0.2) is 6.54 Å². The van der Waals surface area contributed by atoms with Crippen LogP contribution in [0, 0.1) is 23.2 Å². The van der Waals surface area contributed by atoms with E-state index in [2.05, 4.69) is 18.3 Å². The molecular formula is C20H28N3O3S+. The molecule has 7 heteroatoms. The molecule has 27 heavy (non-hydrogen) atoms. The smallest absolute Gasteiger partial charge is 0.309 e. The fourth-order valence-electron chi connectivity index (χ4n) is 4.05. The highest BCUT2D eigenvalue weighted by atomic mass is 32.1. The number of amides is 1. The lowest BCUT2D eigenvalue weighted by Crippen LogP contribution is -3.14. The molecule has 1 atom stereocenters. The molecule has 1 fully saturated rings. The van der Waals surface area contributed by atoms with E-state index in [4.69, 9.17) is 4.74 Å². The maximum absolute atomic E-state index is 12.5. The largest absolute Gasteiger partial charge is 0.466 e. The topological polar surface area (TPSA) is 83.6 Å². The van der Waals surface area contributed by atoms with E-state index in [-0.39, 0.29) is 17.8 Å². The molecule has 3 rings (SSSR count). The van der Waals surface area contributed by atoms with Gasteiger partial charge in [-0.15, -0.1) is 11.3 Å². The molecule has 2 N–H and O–H groups in total. The Bertz CT molecular complexity index is 744. The molecule has 6 nitrogen and oxygen atoms in total. The number of nitrogens with one attached hydrogen (secondary N) is 2. The Kier molecular flexibility index (Phi) is 6.51. The van der Waals surface area contributed by atoms with Crippen LogP contribution in [0.4, 0.5) is 5.00 Å². The van der Waals surface area contributed by atoms with E-state index in [1.54, 1.807) is 11.3 Å². The van der Waals surface area contributed by atoms with Gasteiger partial charge < -0.3 is 15.0 Å². The molecule has 0 unspecified atom stereocenters. The predicted molar refractivity (Wildman–Crippen MR) is 104 cm³/mol. The van der Waals surface area contributed by atoms with Gasteiger partial charge in [-0.25, -0.2) is 0 Å². The zero-order chi connectivity index (χ0) is 19.4. The van der Waals surface area contributed by atoms with Crippen molar-refractivity contribution in [3.63, 3.8) is 0 Å². The van der Waals surface area contributed by atoms with Crippen molar-refractivity contribution < 1.29 is 19.2 Å². The van der Waals surface area contributed by atoms with Gasteiger partial charge in [-0.05, 0) is 37.7 Å². The average Bonchev–Trinajstić information content (AvgIpc) is 2.98. The number of hydrogen-bond acceptors (Lipinski definition) is 5. The summed E-state index contributed by atoms with van der Waals surface area (Å²) in [7, 11) is 0. The summed E-state index contributed by atoms with van der Waals surface area (Å²) in [5.41, 5.74) is 1.80. The van der Waals surface area contributed by atoms with E-state index in [1.807, 2.05) is 6.92 Å². The number of ether oxygens (including phenoxy) is 1. The first-order valence-corrected chi connectivity index (χ1v) is 10.7. The normalized spacial score (nSPS) is 24.6. The Balaban J connectivity index is 1.55. The quantitative estimate of drug-likeness (QED) is 0.747. The standard InChI is InChI=1S/C20H27N3O3S/c1-3-26-20(25)14-6-8-23(9-7-14)12-18(24)22-19-16(11-21)15-5-4-13(2)10-17(15)27-19/h13-14H,3-10,12H2,1-2H3,(H,22,24)/p+1/t13-/m1/s1. The number of nitrogens with zero attached hydrogens (tertiary/aromatic N) is 1. The third kappa shape index (κ3) is 4.69. The van der Waals surface area contributed by atoms with Gasteiger partial charge in [0.1, 0.15) is 11.1 Å². The van der Waals surface area contributed by atoms with Crippen LogP contribution in [0.5, 0.6) is 0 Å². The minimum absolute atomic E-state index is 0.0343. The van der Waals surface area contributed by atoms with Crippen LogP contribution in [0.3, 0.4) is 0 Å².